The first-order valence-electron chi connectivity index (χ1n) is 11.1. The van der Waals surface area contributed by atoms with Crippen LogP contribution in [0.4, 0.5) is 4.79 Å². The van der Waals surface area contributed by atoms with Crippen molar-refractivity contribution < 1.29 is 27.5 Å². The van der Waals surface area contributed by atoms with Crippen LogP contribution >= 0.6 is 0 Å². The highest BCUT2D eigenvalue weighted by Crippen LogP contribution is 2.42. The molecule has 0 spiro atoms. The number of rotatable bonds is 3. The first kappa shape index (κ1) is 23.3. The minimum absolute atomic E-state index is 0.0412. The van der Waals surface area contributed by atoms with Crippen LogP contribution in [0.2, 0.25) is 0 Å². The molecule has 2 aliphatic rings. The van der Waals surface area contributed by atoms with E-state index in [2.05, 4.69) is 5.10 Å². The molecule has 178 valence electrons. The lowest BCUT2D eigenvalue weighted by atomic mass is 10.0. The van der Waals surface area contributed by atoms with Gasteiger partial charge in [0.2, 0.25) is 0 Å². The molecule has 1 fully saturated rings. The normalized spacial score (nSPS) is 17.8. The van der Waals surface area contributed by atoms with E-state index in [-0.39, 0.29) is 35.1 Å². The number of esters is 1. The summed E-state index contributed by atoms with van der Waals surface area (Å²) < 4.78 is 38.3. The van der Waals surface area contributed by atoms with Gasteiger partial charge in [0, 0.05) is 24.2 Å². The predicted octanol–water partition coefficient (Wildman–Crippen LogP) is 3.59. The number of benzene rings is 1. The fourth-order valence-corrected chi connectivity index (χ4v) is 5.93. The summed E-state index contributed by atoms with van der Waals surface area (Å²) in [6.45, 7) is 8.30. The van der Waals surface area contributed by atoms with Crippen LogP contribution in [0.3, 0.4) is 0 Å². The number of hydrogen-bond donors (Lipinski definition) is 0. The van der Waals surface area contributed by atoms with Gasteiger partial charge in [-0.3, -0.25) is 4.68 Å². The number of amides is 1. The summed E-state index contributed by atoms with van der Waals surface area (Å²) in [5, 5.41) is 4.57. The monoisotopic (exact) mass is 475 g/mol. The third kappa shape index (κ3) is 4.48. The largest absolute Gasteiger partial charge is 0.461 e. The Kier molecular flexibility index (Phi) is 5.98. The number of aromatic nitrogens is 2. The Hall–Kier alpha value is -2.88. The molecular formula is C23H29N3O6S. The zero-order chi connectivity index (χ0) is 24.0. The number of fused-ring (bicyclic) bond motifs is 3. The maximum Gasteiger partial charge on any atom is 0.410 e. The molecule has 2 aromatic rings. The summed E-state index contributed by atoms with van der Waals surface area (Å²) in [6, 6.07) is 6.69. The molecule has 1 amide bonds. The molecule has 1 aromatic heterocycles. The van der Waals surface area contributed by atoms with Gasteiger partial charge < -0.3 is 14.4 Å². The zero-order valence-corrected chi connectivity index (χ0v) is 20.1. The number of sulfone groups is 1. The average molecular weight is 476 g/mol. The van der Waals surface area contributed by atoms with Gasteiger partial charge in [-0.1, -0.05) is 18.2 Å². The van der Waals surface area contributed by atoms with Crippen LogP contribution in [0.5, 0.6) is 0 Å². The van der Waals surface area contributed by atoms with Gasteiger partial charge in [0.05, 0.1) is 29.0 Å². The van der Waals surface area contributed by atoms with Crippen LogP contribution in [0.1, 0.15) is 62.6 Å². The lowest BCUT2D eigenvalue weighted by Gasteiger charge is -2.34. The van der Waals surface area contributed by atoms with E-state index in [1.165, 1.54) is 0 Å². The van der Waals surface area contributed by atoms with Gasteiger partial charge in [0.15, 0.2) is 15.5 Å². The van der Waals surface area contributed by atoms with E-state index in [1.807, 2.05) is 20.8 Å². The van der Waals surface area contributed by atoms with E-state index in [1.54, 1.807) is 40.8 Å². The Morgan fingerprint density at radius 2 is 1.82 bits per heavy atom. The highest BCUT2D eigenvalue weighted by molar-refractivity contribution is 7.90. The molecule has 4 rings (SSSR count). The minimum Gasteiger partial charge on any atom is -0.461 e. The van der Waals surface area contributed by atoms with Crippen molar-refractivity contribution in [3.63, 3.8) is 0 Å². The first-order chi connectivity index (χ1) is 15.5. The van der Waals surface area contributed by atoms with E-state index in [0.29, 0.717) is 42.8 Å². The second-order valence-corrected chi connectivity index (χ2v) is 11.3. The van der Waals surface area contributed by atoms with Crippen LogP contribution < -0.4 is 0 Å². The van der Waals surface area contributed by atoms with Crippen molar-refractivity contribution >= 4 is 21.9 Å². The fourth-order valence-electron chi connectivity index (χ4n) is 4.34. The third-order valence-electron chi connectivity index (χ3n) is 5.75. The highest BCUT2D eigenvalue weighted by atomic mass is 32.2. The molecule has 0 radical (unpaired) electrons. The quantitative estimate of drug-likeness (QED) is 0.624. The number of hydrogen-bond acceptors (Lipinski definition) is 7. The topological polar surface area (TPSA) is 108 Å². The van der Waals surface area contributed by atoms with Gasteiger partial charge in [-0.05, 0) is 46.6 Å². The van der Waals surface area contributed by atoms with Crippen LogP contribution in [0.25, 0.3) is 11.3 Å². The second-order valence-electron chi connectivity index (χ2n) is 9.29. The molecule has 2 aliphatic heterocycles. The maximum absolute atomic E-state index is 12.9. The molecule has 0 saturated carbocycles. The molecule has 0 N–H and O–H groups in total. The molecule has 0 unspecified atom stereocenters. The molecule has 0 aliphatic carbocycles. The first-order valence-corrected chi connectivity index (χ1v) is 12.8. The van der Waals surface area contributed by atoms with Crippen molar-refractivity contribution in [1.29, 1.82) is 0 Å². The summed E-state index contributed by atoms with van der Waals surface area (Å²) in [5.74, 6) is -0.933. The Bertz CT molecular complexity index is 1190. The van der Waals surface area contributed by atoms with Crippen molar-refractivity contribution in [1.82, 2.24) is 14.7 Å². The number of likely N-dealkylation sites (tertiary alicyclic amines) is 1. The zero-order valence-electron chi connectivity index (χ0n) is 19.3. The molecular weight excluding hydrogens is 446 g/mol. The fraction of sp³-hybridized carbons (Fsp3) is 0.522. The Balaban J connectivity index is 1.70. The standard InChI is InChI=1S/C23H29N3O6S/c1-5-31-21(27)19-17-14-33(29,30)18-9-7-6-8-16(18)20(17)26(24-19)15-10-12-25(13-11-15)22(28)32-23(2,3)4/h6-9,15H,5,10-14H2,1-4H3. The number of carbonyl (C=O) groups is 2. The van der Waals surface area contributed by atoms with Crippen molar-refractivity contribution in [3.05, 3.63) is 35.5 Å². The third-order valence-corrected chi connectivity index (χ3v) is 7.45. The second kappa shape index (κ2) is 8.48. The van der Waals surface area contributed by atoms with Gasteiger partial charge in [0.1, 0.15) is 5.60 Å². The SMILES string of the molecule is CCOC(=O)c1nn(C2CCN(C(=O)OC(C)(C)C)CC2)c2c1CS(=O)(=O)c1ccccc1-2. The Morgan fingerprint density at radius 3 is 2.45 bits per heavy atom. The van der Waals surface area contributed by atoms with E-state index in [0.717, 1.165) is 0 Å². The van der Waals surface area contributed by atoms with E-state index in [9.17, 15) is 18.0 Å². The van der Waals surface area contributed by atoms with Gasteiger partial charge in [-0.25, -0.2) is 18.0 Å². The van der Waals surface area contributed by atoms with Crippen LogP contribution in [0.15, 0.2) is 29.2 Å². The summed E-state index contributed by atoms with van der Waals surface area (Å²) in [6.07, 6.45) is 0.849. The van der Waals surface area contributed by atoms with Crippen LogP contribution in [-0.2, 0) is 25.1 Å². The minimum atomic E-state index is -3.61. The number of nitrogens with zero attached hydrogens (tertiary/aromatic N) is 3. The van der Waals surface area contributed by atoms with Crippen LogP contribution in [-0.4, -0.2) is 60.5 Å². The highest BCUT2D eigenvalue weighted by Gasteiger charge is 2.38. The molecule has 0 atom stereocenters. The van der Waals surface area contributed by atoms with Crippen LogP contribution in [0, 0.1) is 0 Å². The van der Waals surface area contributed by atoms with Crippen molar-refractivity contribution in [3.8, 4) is 11.3 Å². The van der Waals surface area contributed by atoms with Crippen molar-refractivity contribution in [2.45, 2.75) is 62.8 Å². The van der Waals surface area contributed by atoms with E-state index < -0.39 is 21.4 Å². The molecule has 10 heteroatoms. The summed E-state index contributed by atoms with van der Waals surface area (Å²) in [5.41, 5.74) is 1.02. The molecule has 3 heterocycles. The predicted molar refractivity (Wildman–Crippen MR) is 121 cm³/mol. The lowest BCUT2D eigenvalue weighted by molar-refractivity contribution is 0.0185. The lowest BCUT2D eigenvalue weighted by Crippen LogP contribution is -2.42. The molecule has 1 saturated heterocycles. The van der Waals surface area contributed by atoms with Crippen molar-refractivity contribution in [2.24, 2.45) is 0 Å². The van der Waals surface area contributed by atoms with E-state index >= 15 is 0 Å². The molecule has 33 heavy (non-hydrogen) atoms. The van der Waals surface area contributed by atoms with Crippen molar-refractivity contribution in [2.75, 3.05) is 19.7 Å². The van der Waals surface area contributed by atoms with E-state index in [4.69, 9.17) is 9.47 Å². The summed E-state index contributed by atoms with van der Waals surface area (Å²) >= 11 is 0. The number of piperidine rings is 1. The molecule has 0 bridgehead atoms. The number of ether oxygens (including phenoxy) is 2. The smallest absolute Gasteiger partial charge is 0.410 e. The van der Waals surface area contributed by atoms with Gasteiger partial charge in [-0.15, -0.1) is 0 Å². The summed E-state index contributed by atoms with van der Waals surface area (Å²) in [4.78, 5) is 27.0. The Morgan fingerprint density at radius 1 is 1.15 bits per heavy atom. The molecule has 1 aromatic carbocycles. The maximum atomic E-state index is 12.9. The van der Waals surface area contributed by atoms with Gasteiger partial charge in [0.25, 0.3) is 0 Å². The molecule has 9 nitrogen and oxygen atoms in total. The van der Waals surface area contributed by atoms with Gasteiger partial charge >= 0.3 is 12.1 Å². The summed E-state index contributed by atoms with van der Waals surface area (Å²) in [7, 11) is -3.61. The Labute approximate surface area is 193 Å². The average Bonchev–Trinajstić information content (AvgIpc) is 3.11. The number of carbonyl (C=O) groups excluding carboxylic acids is 2. The van der Waals surface area contributed by atoms with Gasteiger partial charge in [-0.2, -0.15) is 5.10 Å².